The topological polar surface area (TPSA) is 62.2 Å². The van der Waals surface area contributed by atoms with Crippen LogP contribution in [-0.2, 0) is 6.42 Å². The fraction of sp³-hybridized carbons (Fsp3) is 0.538. The molecule has 0 aromatic carbocycles. The number of rotatable bonds is 7. The van der Waals surface area contributed by atoms with E-state index in [1.165, 1.54) is 0 Å². The van der Waals surface area contributed by atoms with Gasteiger partial charge in [-0.2, -0.15) is 0 Å². The Kier molecular flexibility index (Phi) is 6.25. The molecule has 0 aliphatic carbocycles. The van der Waals surface area contributed by atoms with E-state index in [2.05, 4.69) is 17.2 Å². The van der Waals surface area contributed by atoms with E-state index in [4.69, 9.17) is 5.11 Å². The maximum atomic E-state index is 11.6. The van der Waals surface area contributed by atoms with E-state index in [9.17, 15) is 4.79 Å². The third-order valence-corrected chi connectivity index (χ3v) is 2.47. The summed E-state index contributed by atoms with van der Waals surface area (Å²) < 4.78 is 0. The molecule has 4 heteroatoms. The number of unbranched alkanes of at least 4 members (excludes halogenated alkanes) is 1. The number of amides is 1. The van der Waals surface area contributed by atoms with Gasteiger partial charge in [0.15, 0.2) is 0 Å². The van der Waals surface area contributed by atoms with Crippen LogP contribution >= 0.6 is 0 Å². The number of aliphatic hydroxyl groups is 1. The quantitative estimate of drug-likeness (QED) is 0.706. The minimum Gasteiger partial charge on any atom is -0.396 e. The number of carbonyl (C=O) groups is 1. The van der Waals surface area contributed by atoms with Crippen LogP contribution in [0.2, 0.25) is 0 Å². The molecule has 0 aliphatic rings. The molecule has 17 heavy (non-hydrogen) atoms. The monoisotopic (exact) mass is 236 g/mol. The van der Waals surface area contributed by atoms with Crippen LogP contribution < -0.4 is 5.32 Å². The van der Waals surface area contributed by atoms with Gasteiger partial charge in [0.05, 0.1) is 0 Å². The van der Waals surface area contributed by atoms with Crippen molar-refractivity contribution in [3.63, 3.8) is 0 Å². The molecular formula is C13H20N2O2. The average Bonchev–Trinajstić information content (AvgIpc) is 2.36. The highest BCUT2D eigenvalue weighted by Crippen LogP contribution is 2.03. The zero-order valence-electron chi connectivity index (χ0n) is 10.3. The van der Waals surface area contributed by atoms with Gasteiger partial charge in [0.1, 0.15) is 5.69 Å². The van der Waals surface area contributed by atoms with Gasteiger partial charge in [0.25, 0.3) is 5.91 Å². The molecule has 1 aromatic heterocycles. The van der Waals surface area contributed by atoms with Crippen LogP contribution in [0.1, 0.15) is 42.2 Å². The highest BCUT2D eigenvalue weighted by Gasteiger charge is 2.05. The molecule has 4 nitrogen and oxygen atoms in total. The van der Waals surface area contributed by atoms with Crippen molar-refractivity contribution in [2.45, 2.75) is 32.6 Å². The number of nitrogens with zero attached hydrogens (tertiary/aromatic N) is 1. The van der Waals surface area contributed by atoms with Gasteiger partial charge < -0.3 is 10.4 Å². The molecule has 0 aliphatic heterocycles. The van der Waals surface area contributed by atoms with E-state index in [1.54, 1.807) is 12.3 Å². The molecule has 0 fully saturated rings. The van der Waals surface area contributed by atoms with E-state index < -0.39 is 0 Å². The highest BCUT2D eigenvalue weighted by molar-refractivity contribution is 5.92. The molecule has 0 saturated carbocycles. The maximum Gasteiger partial charge on any atom is 0.269 e. The van der Waals surface area contributed by atoms with Crippen molar-refractivity contribution in [2.75, 3.05) is 13.2 Å². The maximum absolute atomic E-state index is 11.6. The third kappa shape index (κ3) is 4.95. The van der Waals surface area contributed by atoms with Gasteiger partial charge in [0.2, 0.25) is 0 Å². The van der Waals surface area contributed by atoms with Crippen molar-refractivity contribution in [1.29, 1.82) is 0 Å². The van der Waals surface area contributed by atoms with Crippen LogP contribution in [0.5, 0.6) is 0 Å². The Bertz CT molecular complexity index is 336. The summed E-state index contributed by atoms with van der Waals surface area (Å²) in [6.07, 6.45) is 5.32. The SMILES string of the molecule is CCCc1ccc(C(=O)NCCCCO)nc1. The molecule has 0 saturated heterocycles. The molecule has 0 atom stereocenters. The number of pyridine rings is 1. The molecule has 1 aromatic rings. The van der Waals surface area contributed by atoms with Crippen LogP contribution in [0.25, 0.3) is 0 Å². The number of aromatic nitrogens is 1. The number of aryl methyl sites for hydroxylation is 1. The van der Waals surface area contributed by atoms with Crippen LogP contribution in [0.15, 0.2) is 18.3 Å². The largest absolute Gasteiger partial charge is 0.396 e. The number of hydrogen-bond donors (Lipinski definition) is 2. The van der Waals surface area contributed by atoms with E-state index in [-0.39, 0.29) is 12.5 Å². The Morgan fingerprint density at radius 2 is 2.24 bits per heavy atom. The normalized spacial score (nSPS) is 10.2. The molecule has 94 valence electrons. The first-order valence-corrected chi connectivity index (χ1v) is 6.12. The van der Waals surface area contributed by atoms with Crippen molar-refractivity contribution in [3.8, 4) is 0 Å². The van der Waals surface area contributed by atoms with Crippen molar-refractivity contribution in [1.82, 2.24) is 10.3 Å². The summed E-state index contributed by atoms with van der Waals surface area (Å²) in [5, 5.41) is 11.4. The predicted octanol–water partition coefficient (Wildman–Crippen LogP) is 1.54. The minimum absolute atomic E-state index is 0.147. The highest BCUT2D eigenvalue weighted by atomic mass is 16.2. The summed E-state index contributed by atoms with van der Waals surface area (Å²) >= 11 is 0. The van der Waals surface area contributed by atoms with Crippen LogP contribution in [0.4, 0.5) is 0 Å². The fourth-order valence-electron chi connectivity index (χ4n) is 1.52. The number of hydrogen-bond acceptors (Lipinski definition) is 3. The predicted molar refractivity (Wildman–Crippen MR) is 66.9 cm³/mol. The fourth-order valence-corrected chi connectivity index (χ4v) is 1.52. The first-order chi connectivity index (χ1) is 8.27. The number of nitrogens with one attached hydrogen (secondary N) is 1. The van der Waals surface area contributed by atoms with Crippen molar-refractivity contribution in [3.05, 3.63) is 29.6 Å². The van der Waals surface area contributed by atoms with E-state index in [0.717, 1.165) is 24.8 Å². The second-order valence-electron chi connectivity index (χ2n) is 3.99. The van der Waals surface area contributed by atoms with Crippen LogP contribution in [-0.4, -0.2) is 29.1 Å². The Hall–Kier alpha value is -1.42. The van der Waals surface area contributed by atoms with Gasteiger partial charge in [-0.1, -0.05) is 19.4 Å². The van der Waals surface area contributed by atoms with Gasteiger partial charge >= 0.3 is 0 Å². The lowest BCUT2D eigenvalue weighted by atomic mass is 10.1. The molecule has 1 heterocycles. The summed E-state index contributed by atoms with van der Waals surface area (Å²) in [7, 11) is 0. The molecular weight excluding hydrogens is 216 g/mol. The molecule has 1 rings (SSSR count). The first kappa shape index (κ1) is 13.6. The van der Waals surface area contributed by atoms with Crippen molar-refractivity contribution in [2.24, 2.45) is 0 Å². The van der Waals surface area contributed by atoms with E-state index in [0.29, 0.717) is 18.7 Å². The smallest absolute Gasteiger partial charge is 0.269 e. The van der Waals surface area contributed by atoms with Crippen molar-refractivity contribution < 1.29 is 9.90 Å². The first-order valence-electron chi connectivity index (χ1n) is 6.12. The lowest BCUT2D eigenvalue weighted by molar-refractivity contribution is 0.0947. The lowest BCUT2D eigenvalue weighted by Crippen LogP contribution is -2.25. The summed E-state index contributed by atoms with van der Waals surface area (Å²) in [4.78, 5) is 15.8. The van der Waals surface area contributed by atoms with E-state index in [1.807, 2.05) is 6.07 Å². The molecule has 0 bridgehead atoms. The van der Waals surface area contributed by atoms with Gasteiger partial charge in [-0.15, -0.1) is 0 Å². The summed E-state index contributed by atoms with van der Waals surface area (Å²) in [5.41, 5.74) is 1.61. The Morgan fingerprint density at radius 1 is 1.41 bits per heavy atom. The van der Waals surface area contributed by atoms with Gasteiger partial charge in [-0.05, 0) is 30.9 Å². The second-order valence-corrected chi connectivity index (χ2v) is 3.99. The van der Waals surface area contributed by atoms with Crippen molar-refractivity contribution >= 4 is 5.91 Å². The molecule has 0 radical (unpaired) electrons. The lowest BCUT2D eigenvalue weighted by Gasteiger charge is -2.04. The molecule has 0 spiro atoms. The van der Waals surface area contributed by atoms with Crippen LogP contribution in [0, 0.1) is 0 Å². The van der Waals surface area contributed by atoms with Gasteiger partial charge in [-0.25, -0.2) is 0 Å². The summed E-state index contributed by atoms with van der Waals surface area (Å²) in [6.45, 7) is 2.86. The number of carbonyl (C=O) groups excluding carboxylic acids is 1. The minimum atomic E-state index is -0.147. The van der Waals surface area contributed by atoms with Gasteiger partial charge in [-0.3, -0.25) is 9.78 Å². The number of aliphatic hydroxyl groups excluding tert-OH is 1. The zero-order chi connectivity index (χ0) is 12.5. The molecule has 1 amide bonds. The standard InChI is InChI=1S/C13H20N2O2/c1-2-5-11-6-7-12(15-10-11)13(17)14-8-3-4-9-16/h6-7,10,16H,2-5,8-9H2,1H3,(H,14,17). The molecule has 0 unspecified atom stereocenters. The zero-order valence-corrected chi connectivity index (χ0v) is 10.3. The Balaban J connectivity index is 2.40. The summed E-state index contributed by atoms with van der Waals surface area (Å²) in [5.74, 6) is -0.147. The average molecular weight is 236 g/mol. The summed E-state index contributed by atoms with van der Waals surface area (Å²) in [6, 6.07) is 3.70. The van der Waals surface area contributed by atoms with E-state index >= 15 is 0 Å². The second kappa shape index (κ2) is 7.79. The molecule has 2 N–H and O–H groups in total. The Labute approximate surface area is 102 Å². The Morgan fingerprint density at radius 3 is 2.82 bits per heavy atom. The van der Waals surface area contributed by atoms with Crippen LogP contribution in [0.3, 0.4) is 0 Å². The third-order valence-electron chi connectivity index (χ3n) is 2.47. The van der Waals surface area contributed by atoms with Gasteiger partial charge in [0, 0.05) is 19.3 Å².